The number of anilines is 2. The average Bonchev–Trinajstić information content (AvgIpc) is 3.20. The summed E-state index contributed by atoms with van der Waals surface area (Å²) in [5.41, 5.74) is 0.0365. The van der Waals surface area contributed by atoms with Crippen molar-refractivity contribution >= 4 is 17.3 Å². The van der Waals surface area contributed by atoms with Crippen molar-refractivity contribution in [3.63, 3.8) is 0 Å². The summed E-state index contributed by atoms with van der Waals surface area (Å²) in [6, 6.07) is 7.05. The molecule has 2 aromatic rings. The van der Waals surface area contributed by atoms with Gasteiger partial charge < -0.3 is 14.6 Å². The molecule has 1 aliphatic carbocycles. The highest BCUT2D eigenvalue weighted by Crippen LogP contribution is 2.34. The van der Waals surface area contributed by atoms with Crippen molar-refractivity contribution in [1.29, 1.82) is 0 Å². The van der Waals surface area contributed by atoms with Crippen LogP contribution in [0.1, 0.15) is 18.6 Å². The molecule has 1 fully saturated rings. The highest BCUT2D eigenvalue weighted by atomic mass is 16.6. The second-order valence-corrected chi connectivity index (χ2v) is 5.01. The Kier molecular flexibility index (Phi) is 3.47. The predicted octanol–water partition coefficient (Wildman–Crippen LogP) is 2.79. The van der Waals surface area contributed by atoms with Crippen LogP contribution in [0.3, 0.4) is 0 Å². The zero-order valence-corrected chi connectivity index (χ0v) is 11.7. The van der Waals surface area contributed by atoms with Gasteiger partial charge in [-0.3, -0.25) is 10.1 Å². The van der Waals surface area contributed by atoms with E-state index in [1.807, 2.05) is 12.1 Å². The van der Waals surface area contributed by atoms with Crippen LogP contribution >= 0.6 is 0 Å². The maximum atomic E-state index is 11.1. The van der Waals surface area contributed by atoms with Crippen molar-refractivity contribution in [3.8, 4) is 0 Å². The van der Waals surface area contributed by atoms with Crippen LogP contribution in [-0.2, 0) is 6.54 Å². The van der Waals surface area contributed by atoms with Gasteiger partial charge in [-0.25, -0.2) is 4.98 Å². The van der Waals surface area contributed by atoms with Crippen LogP contribution < -0.4 is 10.2 Å². The number of aromatic nitrogens is 1. The molecule has 0 amide bonds. The Bertz CT molecular complexity index is 638. The third-order valence-electron chi connectivity index (χ3n) is 3.45. The molecule has 7 nitrogen and oxygen atoms in total. The molecule has 1 saturated carbocycles. The summed E-state index contributed by atoms with van der Waals surface area (Å²) in [5, 5.41) is 13.9. The molecular formula is C14H16N4O3. The lowest BCUT2D eigenvalue weighted by Crippen LogP contribution is -2.26. The molecule has 2 aromatic heterocycles. The topological polar surface area (TPSA) is 84.4 Å². The van der Waals surface area contributed by atoms with Gasteiger partial charge in [0, 0.05) is 13.1 Å². The van der Waals surface area contributed by atoms with Gasteiger partial charge in [-0.1, -0.05) is 0 Å². The first-order valence-corrected chi connectivity index (χ1v) is 6.80. The van der Waals surface area contributed by atoms with Crippen LogP contribution in [-0.4, -0.2) is 23.0 Å². The summed E-state index contributed by atoms with van der Waals surface area (Å²) < 4.78 is 5.38. The first-order chi connectivity index (χ1) is 10.2. The van der Waals surface area contributed by atoms with E-state index in [1.165, 1.54) is 12.1 Å². The number of hydrogen-bond donors (Lipinski definition) is 1. The van der Waals surface area contributed by atoms with E-state index in [-0.39, 0.29) is 5.69 Å². The Morgan fingerprint density at radius 1 is 1.52 bits per heavy atom. The van der Waals surface area contributed by atoms with E-state index in [0.717, 1.165) is 18.6 Å². The van der Waals surface area contributed by atoms with Crippen molar-refractivity contribution in [2.24, 2.45) is 0 Å². The molecule has 1 aliphatic rings. The van der Waals surface area contributed by atoms with E-state index in [1.54, 1.807) is 13.3 Å². The molecule has 0 aromatic carbocycles. The van der Waals surface area contributed by atoms with Crippen LogP contribution in [0.5, 0.6) is 0 Å². The van der Waals surface area contributed by atoms with Crippen molar-refractivity contribution < 1.29 is 9.34 Å². The normalized spacial score (nSPS) is 14.0. The van der Waals surface area contributed by atoms with Crippen LogP contribution in [0, 0.1) is 10.1 Å². The van der Waals surface area contributed by atoms with E-state index < -0.39 is 4.92 Å². The Labute approximate surface area is 121 Å². The molecule has 3 rings (SSSR count). The number of hydrogen-bond acceptors (Lipinski definition) is 6. The molecule has 110 valence electrons. The maximum absolute atomic E-state index is 11.1. The number of furan rings is 1. The number of nitrogens with one attached hydrogen (secondary N) is 1. The molecular weight excluding hydrogens is 272 g/mol. The molecule has 0 saturated heterocycles. The Morgan fingerprint density at radius 3 is 2.90 bits per heavy atom. The largest absolute Gasteiger partial charge is 0.467 e. The zero-order chi connectivity index (χ0) is 14.8. The van der Waals surface area contributed by atoms with Crippen molar-refractivity contribution in [2.45, 2.75) is 25.4 Å². The molecule has 0 spiro atoms. The maximum Gasteiger partial charge on any atom is 0.276 e. The molecule has 21 heavy (non-hydrogen) atoms. The van der Waals surface area contributed by atoms with Crippen molar-refractivity contribution in [1.82, 2.24) is 4.98 Å². The number of rotatable bonds is 6. The zero-order valence-electron chi connectivity index (χ0n) is 11.7. The minimum atomic E-state index is -0.399. The minimum Gasteiger partial charge on any atom is -0.467 e. The summed E-state index contributed by atoms with van der Waals surface area (Å²) in [5.74, 6) is 1.91. The monoisotopic (exact) mass is 288 g/mol. The van der Waals surface area contributed by atoms with Crippen LogP contribution in [0.25, 0.3) is 0 Å². The molecule has 7 heteroatoms. The quantitative estimate of drug-likeness (QED) is 0.650. The Balaban J connectivity index is 1.94. The lowest BCUT2D eigenvalue weighted by Gasteiger charge is -2.22. The average molecular weight is 288 g/mol. The Morgan fingerprint density at radius 2 is 2.33 bits per heavy atom. The highest BCUT2D eigenvalue weighted by Gasteiger charge is 2.31. The number of nitrogens with zero attached hydrogens (tertiary/aromatic N) is 3. The second kappa shape index (κ2) is 5.43. The fourth-order valence-electron chi connectivity index (χ4n) is 2.24. The third kappa shape index (κ3) is 2.96. The first kappa shape index (κ1) is 13.4. The third-order valence-corrected chi connectivity index (χ3v) is 3.45. The van der Waals surface area contributed by atoms with Crippen molar-refractivity contribution in [2.75, 3.05) is 17.3 Å². The van der Waals surface area contributed by atoms with Gasteiger partial charge >= 0.3 is 0 Å². The molecule has 0 bridgehead atoms. The van der Waals surface area contributed by atoms with Gasteiger partial charge in [-0.2, -0.15) is 0 Å². The second-order valence-electron chi connectivity index (χ2n) is 5.01. The molecule has 0 unspecified atom stereocenters. The van der Waals surface area contributed by atoms with Crippen LogP contribution in [0.4, 0.5) is 17.3 Å². The van der Waals surface area contributed by atoms with Gasteiger partial charge in [0.25, 0.3) is 5.69 Å². The smallest absolute Gasteiger partial charge is 0.276 e. The molecule has 2 heterocycles. The number of nitro groups is 1. The first-order valence-electron chi connectivity index (χ1n) is 6.80. The predicted molar refractivity (Wildman–Crippen MR) is 78.4 cm³/mol. The summed E-state index contributed by atoms with van der Waals surface area (Å²) in [4.78, 5) is 17.2. The van der Waals surface area contributed by atoms with Crippen LogP contribution in [0.2, 0.25) is 0 Å². The molecule has 0 radical (unpaired) electrons. The van der Waals surface area contributed by atoms with E-state index in [9.17, 15) is 10.1 Å². The van der Waals surface area contributed by atoms with E-state index in [0.29, 0.717) is 24.2 Å². The van der Waals surface area contributed by atoms with E-state index in [2.05, 4.69) is 15.2 Å². The summed E-state index contributed by atoms with van der Waals surface area (Å²) in [7, 11) is 1.70. The molecule has 0 aliphatic heterocycles. The summed E-state index contributed by atoms with van der Waals surface area (Å²) in [6.45, 7) is 0.564. The fourth-order valence-corrected chi connectivity index (χ4v) is 2.24. The van der Waals surface area contributed by atoms with Gasteiger partial charge in [0.2, 0.25) is 0 Å². The van der Waals surface area contributed by atoms with Crippen LogP contribution in [0.15, 0.2) is 34.9 Å². The van der Waals surface area contributed by atoms with Gasteiger partial charge in [-0.15, -0.1) is 0 Å². The summed E-state index contributed by atoms with van der Waals surface area (Å²) >= 11 is 0. The van der Waals surface area contributed by atoms with E-state index >= 15 is 0 Å². The SMILES string of the molecule is CNc1cc([N+](=O)[O-])cc(N(Cc2ccco2)C2CC2)n1. The van der Waals surface area contributed by atoms with Gasteiger partial charge in [-0.05, 0) is 25.0 Å². The lowest BCUT2D eigenvalue weighted by atomic mass is 10.3. The number of pyridine rings is 1. The summed E-state index contributed by atoms with van der Waals surface area (Å²) in [6.07, 6.45) is 3.76. The molecule has 0 atom stereocenters. The minimum absolute atomic E-state index is 0.0365. The Hall–Kier alpha value is -2.57. The van der Waals surface area contributed by atoms with Gasteiger partial charge in [0.1, 0.15) is 17.4 Å². The van der Waals surface area contributed by atoms with E-state index in [4.69, 9.17) is 4.42 Å². The highest BCUT2D eigenvalue weighted by molar-refractivity contribution is 5.56. The molecule has 1 N–H and O–H groups in total. The van der Waals surface area contributed by atoms with Gasteiger partial charge in [0.15, 0.2) is 0 Å². The van der Waals surface area contributed by atoms with Crippen molar-refractivity contribution in [3.05, 3.63) is 46.4 Å². The fraction of sp³-hybridized carbons (Fsp3) is 0.357. The lowest BCUT2D eigenvalue weighted by molar-refractivity contribution is -0.384. The standard InChI is InChI=1S/C14H16N4O3/c1-15-13-7-11(18(19)20)8-14(16-13)17(10-4-5-10)9-12-3-2-6-21-12/h2-3,6-8,10H,4-5,9H2,1H3,(H,15,16). The van der Waals surface area contributed by atoms with Gasteiger partial charge in [0.05, 0.1) is 29.9 Å².